The predicted molar refractivity (Wildman–Crippen MR) is 58.3 cm³/mol. The zero-order valence-electron chi connectivity index (χ0n) is 9.20. The first kappa shape index (κ1) is 10.0. The molecule has 15 heavy (non-hydrogen) atoms. The first-order valence-corrected chi connectivity index (χ1v) is 5.47. The highest BCUT2D eigenvalue weighted by Crippen LogP contribution is 2.42. The van der Waals surface area contributed by atoms with E-state index in [9.17, 15) is 0 Å². The second kappa shape index (κ2) is 3.58. The Kier molecular flexibility index (Phi) is 2.39. The van der Waals surface area contributed by atoms with Crippen LogP contribution in [0.15, 0.2) is 0 Å². The Balaban J connectivity index is 2.45. The Morgan fingerprint density at radius 1 is 1.67 bits per heavy atom. The molecule has 0 aromatic carbocycles. The Morgan fingerprint density at radius 2 is 2.33 bits per heavy atom. The van der Waals surface area contributed by atoms with Crippen LogP contribution < -0.4 is 5.73 Å². The summed E-state index contributed by atoms with van der Waals surface area (Å²) < 4.78 is 1.80. The average molecular weight is 204 g/mol. The third-order valence-corrected chi connectivity index (χ3v) is 3.06. The van der Waals surface area contributed by atoms with E-state index in [0.717, 1.165) is 25.0 Å². The lowest BCUT2D eigenvalue weighted by molar-refractivity contribution is 0.480. The molecule has 1 aliphatic carbocycles. The van der Waals surface area contributed by atoms with Crippen molar-refractivity contribution in [3.8, 4) is 6.07 Å². The fraction of sp³-hybridized carbons (Fsp3) is 0.636. The molecular formula is C11H16N4. The smallest absolute Gasteiger partial charge is 0.140 e. The van der Waals surface area contributed by atoms with Crippen molar-refractivity contribution in [2.45, 2.75) is 45.1 Å². The van der Waals surface area contributed by atoms with Gasteiger partial charge >= 0.3 is 0 Å². The monoisotopic (exact) mass is 204 g/mol. The fourth-order valence-electron chi connectivity index (χ4n) is 1.73. The van der Waals surface area contributed by atoms with Gasteiger partial charge in [-0.05, 0) is 26.2 Å². The number of hydrogen-bond acceptors (Lipinski definition) is 3. The minimum absolute atomic E-state index is 0.268. The van der Waals surface area contributed by atoms with Crippen LogP contribution in [0, 0.1) is 11.3 Å². The maximum absolute atomic E-state index is 9.06. The number of nitrogen functional groups attached to an aromatic ring is 1. The van der Waals surface area contributed by atoms with Crippen LogP contribution in [0.4, 0.5) is 5.82 Å². The van der Waals surface area contributed by atoms with Crippen LogP contribution >= 0.6 is 0 Å². The first-order chi connectivity index (χ1) is 7.19. The van der Waals surface area contributed by atoms with Crippen LogP contribution in [0.25, 0.3) is 0 Å². The molecule has 2 N–H and O–H groups in total. The van der Waals surface area contributed by atoms with Gasteiger partial charge in [0.25, 0.3) is 0 Å². The van der Waals surface area contributed by atoms with Crippen molar-refractivity contribution in [1.29, 1.82) is 5.26 Å². The lowest BCUT2D eigenvalue weighted by Crippen LogP contribution is -2.09. The number of anilines is 1. The van der Waals surface area contributed by atoms with Crippen molar-refractivity contribution in [3.63, 3.8) is 0 Å². The van der Waals surface area contributed by atoms with Gasteiger partial charge in [-0.15, -0.1) is 0 Å². The van der Waals surface area contributed by atoms with Crippen LogP contribution in [0.5, 0.6) is 0 Å². The van der Waals surface area contributed by atoms with Crippen molar-refractivity contribution in [2.24, 2.45) is 0 Å². The van der Waals surface area contributed by atoms with Crippen molar-refractivity contribution >= 4 is 5.82 Å². The standard InChI is InChI=1S/C11H16N4/c1-3-7(2)15-11(13)9(6-12)10(14-15)8-4-5-8/h7-8H,3-5,13H2,1-2H3/t7-/m0/s1. The number of nitrogens with two attached hydrogens (primary N) is 1. The van der Waals surface area contributed by atoms with Gasteiger partial charge in [-0.1, -0.05) is 6.92 Å². The molecular weight excluding hydrogens is 188 g/mol. The highest BCUT2D eigenvalue weighted by molar-refractivity contribution is 5.54. The molecule has 1 aliphatic rings. The summed E-state index contributed by atoms with van der Waals surface area (Å²) in [6, 6.07) is 2.44. The van der Waals surface area contributed by atoms with Crippen molar-refractivity contribution in [2.75, 3.05) is 5.73 Å². The minimum Gasteiger partial charge on any atom is -0.383 e. The summed E-state index contributed by atoms with van der Waals surface area (Å²) in [4.78, 5) is 0. The highest BCUT2D eigenvalue weighted by atomic mass is 15.3. The molecule has 1 atom stereocenters. The summed E-state index contributed by atoms with van der Waals surface area (Å²) in [5, 5.41) is 13.5. The van der Waals surface area contributed by atoms with Crippen LogP contribution in [-0.2, 0) is 0 Å². The van der Waals surface area contributed by atoms with E-state index >= 15 is 0 Å². The molecule has 1 fully saturated rings. The first-order valence-electron chi connectivity index (χ1n) is 5.47. The molecule has 80 valence electrons. The fourth-order valence-corrected chi connectivity index (χ4v) is 1.73. The second-order valence-corrected chi connectivity index (χ2v) is 4.23. The van der Waals surface area contributed by atoms with Crippen LogP contribution in [0.2, 0.25) is 0 Å². The Labute approximate surface area is 89.7 Å². The summed E-state index contributed by atoms with van der Waals surface area (Å²) in [5.41, 5.74) is 7.44. The van der Waals surface area contributed by atoms with E-state index in [0.29, 0.717) is 17.3 Å². The number of rotatable bonds is 3. The quantitative estimate of drug-likeness (QED) is 0.820. The molecule has 4 heteroatoms. The van der Waals surface area contributed by atoms with Crippen molar-refractivity contribution < 1.29 is 0 Å². The minimum atomic E-state index is 0.268. The molecule has 1 saturated carbocycles. The third kappa shape index (κ3) is 1.58. The second-order valence-electron chi connectivity index (χ2n) is 4.23. The summed E-state index contributed by atoms with van der Waals surface area (Å²) in [7, 11) is 0. The molecule has 0 bridgehead atoms. The van der Waals surface area contributed by atoms with Gasteiger partial charge in [0, 0.05) is 5.92 Å². The van der Waals surface area contributed by atoms with Gasteiger partial charge in [0.2, 0.25) is 0 Å². The number of nitrogens with zero attached hydrogens (tertiary/aromatic N) is 3. The molecule has 1 aromatic heterocycles. The van der Waals surface area contributed by atoms with Crippen molar-refractivity contribution in [3.05, 3.63) is 11.3 Å². The summed E-state index contributed by atoms with van der Waals surface area (Å²) >= 11 is 0. The SMILES string of the molecule is CC[C@H](C)n1nc(C2CC2)c(C#N)c1N. The lowest BCUT2D eigenvalue weighted by Gasteiger charge is -2.10. The Bertz CT molecular complexity index is 409. The van der Waals surface area contributed by atoms with Crippen LogP contribution in [-0.4, -0.2) is 9.78 Å². The van der Waals surface area contributed by atoms with Crippen LogP contribution in [0.3, 0.4) is 0 Å². The predicted octanol–water partition coefficient (Wildman–Crippen LogP) is 2.19. The maximum atomic E-state index is 9.06. The summed E-state index contributed by atoms with van der Waals surface area (Å²) in [6.07, 6.45) is 3.26. The van der Waals surface area contributed by atoms with Gasteiger partial charge in [0.1, 0.15) is 17.5 Å². The molecule has 0 aliphatic heterocycles. The van der Waals surface area contributed by atoms with Gasteiger partial charge in [0.05, 0.1) is 11.7 Å². The Morgan fingerprint density at radius 3 is 2.80 bits per heavy atom. The molecule has 1 heterocycles. The normalized spacial score (nSPS) is 17.4. The maximum Gasteiger partial charge on any atom is 0.140 e. The van der Waals surface area contributed by atoms with Gasteiger partial charge < -0.3 is 5.73 Å². The topological polar surface area (TPSA) is 67.6 Å². The lowest BCUT2D eigenvalue weighted by atomic mass is 10.2. The molecule has 0 unspecified atom stereocenters. The Hall–Kier alpha value is -1.50. The van der Waals surface area contributed by atoms with Crippen LogP contribution in [0.1, 0.15) is 56.3 Å². The van der Waals surface area contributed by atoms with Gasteiger partial charge in [-0.3, -0.25) is 0 Å². The van der Waals surface area contributed by atoms with E-state index in [-0.39, 0.29) is 6.04 Å². The highest BCUT2D eigenvalue weighted by Gasteiger charge is 2.31. The summed E-state index contributed by atoms with van der Waals surface area (Å²) in [5.74, 6) is 1.01. The molecule has 1 aromatic rings. The van der Waals surface area contributed by atoms with Gasteiger partial charge in [0.15, 0.2) is 0 Å². The van der Waals surface area contributed by atoms with Crippen molar-refractivity contribution in [1.82, 2.24) is 9.78 Å². The van der Waals surface area contributed by atoms with E-state index in [2.05, 4.69) is 25.0 Å². The molecule has 0 radical (unpaired) electrons. The third-order valence-electron chi connectivity index (χ3n) is 3.06. The molecule has 4 nitrogen and oxygen atoms in total. The number of nitriles is 1. The number of aromatic nitrogens is 2. The molecule has 2 rings (SSSR count). The van der Waals surface area contributed by atoms with Gasteiger partial charge in [-0.2, -0.15) is 10.4 Å². The zero-order valence-corrected chi connectivity index (χ0v) is 9.20. The summed E-state index contributed by atoms with van der Waals surface area (Å²) in [6.45, 7) is 4.16. The van der Waals surface area contributed by atoms with E-state index in [1.54, 1.807) is 4.68 Å². The largest absolute Gasteiger partial charge is 0.383 e. The van der Waals surface area contributed by atoms with E-state index in [1.807, 2.05) is 0 Å². The zero-order chi connectivity index (χ0) is 11.0. The number of hydrogen-bond donors (Lipinski definition) is 1. The van der Waals surface area contributed by atoms with E-state index in [1.165, 1.54) is 0 Å². The molecule has 0 saturated heterocycles. The van der Waals surface area contributed by atoms with E-state index < -0.39 is 0 Å². The molecule has 0 amide bonds. The average Bonchev–Trinajstić information content (AvgIpc) is 3.02. The molecule has 0 spiro atoms. The van der Waals surface area contributed by atoms with E-state index in [4.69, 9.17) is 11.0 Å². The van der Waals surface area contributed by atoms with Gasteiger partial charge in [-0.25, -0.2) is 4.68 Å².